The van der Waals surface area contributed by atoms with Crippen LogP contribution in [0, 0.1) is 0 Å². The van der Waals surface area contributed by atoms with E-state index in [0.29, 0.717) is 11.9 Å². The normalized spacial score (nSPS) is 24.9. The lowest BCUT2D eigenvalue weighted by atomic mass is 10.0. The van der Waals surface area contributed by atoms with E-state index in [0.717, 1.165) is 63.7 Å². The van der Waals surface area contributed by atoms with Crippen molar-refractivity contribution in [2.45, 2.75) is 18.8 Å². The molecule has 2 aliphatic rings. The second-order valence-electron chi connectivity index (χ2n) is 5.71. The molecule has 3 heterocycles. The van der Waals surface area contributed by atoms with Crippen molar-refractivity contribution in [2.24, 2.45) is 0 Å². The van der Waals surface area contributed by atoms with Crippen molar-refractivity contribution in [3.8, 4) is 0 Å². The first-order chi connectivity index (χ1) is 9.72. The highest BCUT2D eigenvalue weighted by atomic mass is 16.5. The summed E-state index contributed by atoms with van der Waals surface area (Å²) in [4.78, 5) is 13.5. The monoisotopic (exact) mass is 277 g/mol. The highest BCUT2D eigenvalue weighted by Gasteiger charge is 2.22. The standard InChI is InChI=1S/C14H23N5O/c1-18-4-2-5-19(7-6-18)13-9-12(16-14(15)17-13)11-3-8-20-10-11/h9,11H,2-8,10H2,1H3,(H2,15,16,17)/t11-/m1/s1. The summed E-state index contributed by atoms with van der Waals surface area (Å²) in [5.74, 6) is 1.71. The van der Waals surface area contributed by atoms with Crippen LogP contribution >= 0.6 is 0 Å². The number of rotatable bonds is 2. The Morgan fingerprint density at radius 1 is 1.25 bits per heavy atom. The fraction of sp³-hybridized carbons (Fsp3) is 0.714. The van der Waals surface area contributed by atoms with Crippen molar-refractivity contribution in [1.82, 2.24) is 14.9 Å². The number of nitrogens with zero attached hydrogens (tertiary/aromatic N) is 4. The van der Waals surface area contributed by atoms with Crippen molar-refractivity contribution in [3.63, 3.8) is 0 Å². The van der Waals surface area contributed by atoms with Gasteiger partial charge < -0.3 is 20.3 Å². The van der Waals surface area contributed by atoms with Gasteiger partial charge in [-0.3, -0.25) is 0 Å². The molecule has 0 aliphatic carbocycles. The predicted octanol–water partition coefficient (Wildman–Crippen LogP) is 0.705. The minimum absolute atomic E-state index is 0.369. The van der Waals surface area contributed by atoms with Gasteiger partial charge >= 0.3 is 0 Å². The third-order valence-corrected chi connectivity index (χ3v) is 4.14. The Kier molecular flexibility index (Phi) is 4.03. The third kappa shape index (κ3) is 3.02. The van der Waals surface area contributed by atoms with E-state index in [4.69, 9.17) is 10.5 Å². The molecule has 1 aromatic rings. The summed E-state index contributed by atoms with van der Waals surface area (Å²) in [6.07, 6.45) is 2.18. The number of hydrogen-bond donors (Lipinski definition) is 1. The van der Waals surface area contributed by atoms with Crippen molar-refractivity contribution >= 4 is 11.8 Å². The molecule has 0 radical (unpaired) electrons. The number of likely N-dealkylation sites (N-methyl/N-ethyl adjacent to an activating group) is 1. The molecule has 6 nitrogen and oxygen atoms in total. The van der Waals surface area contributed by atoms with Gasteiger partial charge in [-0.05, 0) is 26.4 Å². The second kappa shape index (κ2) is 5.93. The van der Waals surface area contributed by atoms with E-state index in [1.165, 1.54) is 0 Å². The zero-order valence-electron chi connectivity index (χ0n) is 12.1. The molecule has 0 saturated carbocycles. The molecule has 0 unspecified atom stereocenters. The summed E-state index contributed by atoms with van der Waals surface area (Å²) in [6.45, 7) is 5.79. The van der Waals surface area contributed by atoms with E-state index in [9.17, 15) is 0 Å². The van der Waals surface area contributed by atoms with E-state index < -0.39 is 0 Å². The fourth-order valence-corrected chi connectivity index (χ4v) is 2.89. The molecule has 6 heteroatoms. The van der Waals surface area contributed by atoms with E-state index >= 15 is 0 Å². The first kappa shape index (κ1) is 13.6. The largest absolute Gasteiger partial charge is 0.381 e. The predicted molar refractivity (Wildman–Crippen MR) is 78.9 cm³/mol. The average molecular weight is 277 g/mol. The maximum atomic E-state index is 5.90. The SMILES string of the molecule is CN1CCCN(c2cc([C@@H]3CCOC3)nc(N)n2)CC1. The van der Waals surface area contributed by atoms with Gasteiger partial charge in [0.05, 0.1) is 12.3 Å². The summed E-state index contributed by atoms with van der Waals surface area (Å²) in [5.41, 5.74) is 6.93. The molecule has 0 amide bonds. The lowest BCUT2D eigenvalue weighted by Crippen LogP contribution is -2.29. The van der Waals surface area contributed by atoms with Crippen molar-refractivity contribution < 1.29 is 4.74 Å². The number of aromatic nitrogens is 2. The van der Waals surface area contributed by atoms with Crippen molar-refractivity contribution in [2.75, 3.05) is 57.1 Å². The van der Waals surface area contributed by atoms with Crippen molar-refractivity contribution in [1.29, 1.82) is 0 Å². The maximum absolute atomic E-state index is 5.90. The van der Waals surface area contributed by atoms with Crippen LogP contribution < -0.4 is 10.6 Å². The van der Waals surface area contributed by atoms with E-state index in [-0.39, 0.29) is 0 Å². The molecular weight excluding hydrogens is 254 g/mol. The number of ether oxygens (including phenoxy) is 1. The lowest BCUT2D eigenvalue weighted by Gasteiger charge is -2.22. The Balaban J connectivity index is 1.81. The van der Waals surface area contributed by atoms with E-state index in [1.807, 2.05) is 0 Å². The number of nitrogen functional groups attached to an aromatic ring is 1. The summed E-state index contributed by atoms with van der Waals surface area (Å²) in [6, 6.07) is 2.10. The fourth-order valence-electron chi connectivity index (χ4n) is 2.89. The number of anilines is 2. The zero-order valence-corrected chi connectivity index (χ0v) is 12.1. The molecule has 0 aromatic carbocycles. The Hall–Kier alpha value is -1.40. The molecule has 1 aromatic heterocycles. The minimum atomic E-state index is 0.369. The molecule has 2 N–H and O–H groups in total. The molecule has 2 aliphatic heterocycles. The van der Waals surface area contributed by atoms with Gasteiger partial charge in [-0.2, -0.15) is 4.98 Å². The Labute approximate surface area is 119 Å². The van der Waals surface area contributed by atoms with Gasteiger partial charge in [0.25, 0.3) is 0 Å². The second-order valence-corrected chi connectivity index (χ2v) is 5.71. The molecule has 0 spiro atoms. The first-order valence-electron chi connectivity index (χ1n) is 7.38. The van der Waals surface area contributed by atoms with Crippen LogP contribution in [0.5, 0.6) is 0 Å². The van der Waals surface area contributed by atoms with E-state index in [2.05, 4.69) is 32.9 Å². The van der Waals surface area contributed by atoms with Crippen LogP contribution in [0.15, 0.2) is 6.07 Å². The van der Waals surface area contributed by atoms with Crippen LogP contribution in [-0.4, -0.2) is 61.3 Å². The third-order valence-electron chi connectivity index (χ3n) is 4.14. The van der Waals surface area contributed by atoms with E-state index in [1.54, 1.807) is 0 Å². The smallest absolute Gasteiger partial charge is 0.222 e. The topological polar surface area (TPSA) is 67.5 Å². The minimum Gasteiger partial charge on any atom is -0.381 e. The summed E-state index contributed by atoms with van der Waals surface area (Å²) < 4.78 is 5.45. The molecule has 3 rings (SSSR count). The molecule has 1 atom stereocenters. The van der Waals surface area contributed by atoms with Crippen LogP contribution in [0.2, 0.25) is 0 Å². The Morgan fingerprint density at radius 3 is 2.95 bits per heavy atom. The van der Waals surface area contributed by atoms with Gasteiger partial charge in [0.15, 0.2) is 0 Å². The van der Waals surface area contributed by atoms with Gasteiger partial charge in [0.1, 0.15) is 5.82 Å². The average Bonchev–Trinajstić information content (AvgIpc) is 2.88. The van der Waals surface area contributed by atoms with Crippen LogP contribution in [0.25, 0.3) is 0 Å². The molecule has 2 fully saturated rings. The highest BCUT2D eigenvalue weighted by molar-refractivity contribution is 5.44. The zero-order chi connectivity index (χ0) is 13.9. The van der Waals surface area contributed by atoms with Gasteiger partial charge in [-0.1, -0.05) is 0 Å². The van der Waals surface area contributed by atoms with Crippen LogP contribution in [0.4, 0.5) is 11.8 Å². The van der Waals surface area contributed by atoms with Gasteiger partial charge in [-0.15, -0.1) is 0 Å². The van der Waals surface area contributed by atoms with Crippen LogP contribution in [-0.2, 0) is 4.74 Å². The lowest BCUT2D eigenvalue weighted by molar-refractivity contribution is 0.193. The molecule has 2 saturated heterocycles. The maximum Gasteiger partial charge on any atom is 0.222 e. The highest BCUT2D eigenvalue weighted by Crippen LogP contribution is 2.27. The summed E-state index contributed by atoms with van der Waals surface area (Å²) >= 11 is 0. The number of nitrogens with two attached hydrogens (primary N) is 1. The molecule has 110 valence electrons. The summed E-state index contributed by atoms with van der Waals surface area (Å²) in [5, 5.41) is 0. The Morgan fingerprint density at radius 2 is 2.15 bits per heavy atom. The van der Waals surface area contributed by atoms with Gasteiger partial charge in [0, 0.05) is 38.2 Å². The van der Waals surface area contributed by atoms with Crippen LogP contribution in [0.1, 0.15) is 24.5 Å². The van der Waals surface area contributed by atoms with Gasteiger partial charge in [-0.25, -0.2) is 4.98 Å². The molecular formula is C14H23N5O. The van der Waals surface area contributed by atoms with Gasteiger partial charge in [0.2, 0.25) is 5.95 Å². The Bertz CT molecular complexity index is 461. The quantitative estimate of drug-likeness (QED) is 0.858. The van der Waals surface area contributed by atoms with Crippen molar-refractivity contribution in [3.05, 3.63) is 11.8 Å². The first-order valence-corrected chi connectivity index (χ1v) is 7.38. The summed E-state index contributed by atoms with van der Waals surface area (Å²) in [7, 11) is 2.17. The number of hydrogen-bond acceptors (Lipinski definition) is 6. The molecule has 0 bridgehead atoms. The molecule has 20 heavy (non-hydrogen) atoms. The van der Waals surface area contributed by atoms with Crippen LogP contribution in [0.3, 0.4) is 0 Å².